The van der Waals surface area contributed by atoms with E-state index in [1.165, 1.54) is 13.8 Å². The number of halogens is 1. The van der Waals surface area contributed by atoms with E-state index in [-0.39, 0.29) is 11.6 Å². The first kappa shape index (κ1) is 18.1. The van der Waals surface area contributed by atoms with Crippen LogP contribution in [0, 0.1) is 13.8 Å². The molecule has 1 unspecified atom stereocenters. The number of aromatic nitrogens is 1. The fourth-order valence-electron chi connectivity index (χ4n) is 2.63. The first-order valence-electron chi connectivity index (χ1n) is 7.43. The smallest absolute Gasteiger partial charge is 0.339 e. The fraction of sp³-hybridized carbons (Fsp3) is 0.278. The van der Waals surface area contributed by atoms with Crippen LogP contribution in [0.25, 0.3) is 0 Å². The normalized spacial score (nSPS) is 11.9. The minimum Gasteiger partial charge on any atom is -0.451 e. The topological polar surface area (TPSA) is 76.2 Å². The van der Waals surface area contributed by atoms with Crippen LogP contribution in [0.4, 0.5) is 0 Å². The van der Waals surface area contributed by atoms with Gasteiger partial charge in [0.05, 0.1) is 11.3 Å². The quantitative estimate of drug-likeness (QED) is 0.616. The zero-order chi connectivity index (χ0) is 18.0. The van der Waals surface area contributed by atoms with Gasteiger partial charge in [-0.1, -0.05) is 12.1 Å². The van der Waals surface area contributed by atoms with Crippen molar-refractivity contribution >= 4 is 33.5 Å². The van der Waals surface area contributed by atoms with Crippen molar-refractivity contribution in [2.75, 3.05) is 0 Å². The van der Waals surface area contributed by atoms with Crippen LogP contribution < -0.4 is 0 Å². The van der Waals surface area contributed by atoms with E-state index >= 15 is 0 Å². The largest absolute Gasteiger partial charge is 0.451 e. The van der Waals surface area contributed by atoms with Gasteiger partial charge in [-0.25, -0.2) is 4.79 Å². The third-order valence-electron chi connectivity index (χ3n) is 3.78. The summed E-state index contributed by atoms with van der Waals surface area (Å²) >= 11 is 3.28. The molecule has 0 saturated heterocycles. The Kier molecular flexibility index (Phi) is 5.39. The summed E-state index contributed by atoms with van der Waals surface area (Å²) in [7, 11) is 0. The number of aromatic amines is 1. The second-order valence-electron chi connectivity index (χ2n) is 5.57. The molecular weight excluding hydrogens is 374 g/mol. The molecule has 0 aliphatic rings. The highest BCUT2D eigenvalue weighted by Crippen LogP contribution is 2.22. The molecule has 1 N–H and O–H groups in total. The Balaban J connectivity index is 2.22. The molecule has 1 aromatic heterocycles. The van der Waals surface area contributed by atoms with Crippen LogP contribution in [0.5, 0.6) is 0 Å². The Morgan fingerprint density at radius 1 is 1.17 bits per heavy atom. The number of ketones is 2. The van der Waals surface area contributed by atoms with Crippen LogP contribution in [-0.4, -0.2) is 28.6 Å². The van der Waals surface area contributed by atoms with Gasteiger partial charge >= 0.3 is 5.97 Å². The van der Waals surface area contributed by atoms with Gasteiger partial charge in [-0.05, 0) is 61.3 Å². The molecule has 5 nitrogen and oxygen atoms in total. The van der Waals surface area contributed by atoms with E-state index in [2.05, 4.69) is 20.9 Å². The Labute approximate surface area is 148 Å². The lowest BCUT2D eigenvalue weighted by Gasteiger charge is -2.13. The molecule has 0 aliphatic heterocycles. The van der Waals surface area contributed by atoms with Crippen molar-refractivity contribution in [2.24, 2.45) is 0 Å². The molecule has 126 valence electrons. The summed E-state index contributed by atoms with van der Waals surface area (Å²) in [6, 6.07) is 6.83. The molecule has 6 heteroatoms. The van der Waals surface area contributed by atoms with Gasteiger partial charge in [0.25, 0.3) is 0 Å². The van der Waals surface area contributed by atoms with Crippen molar-refractivity contribution in [2.45, 2.75) is 33.8 Å². The van der Waals surface area contributed by atoms with Crippen LogP contribution in [0.3, 0.4) is 0 Å². The van der Waals surface area contributed by atoms with E-state index < -0.39 is 12.1 Å². The number of Topliss-reactive ketones (excluding diaryl/α,β-unsaturated/α-hetero) is 2. The number of hydrogen-bond acceptors (Lipinski definition) is 4. The number of ether oxygens (including phenoxy) is 1. The lowest BCUT2D eigenvalue weighted by Crippen LogP contribution is -2.25. The molecule has 1 atom stereocenters. The molecule has 0 aliphatic carbocycles. The molecule has 0 radical (unpaired) electrons. The predicted octanol–water partition coefficient (Wildman–Crippen LogP) is 4.02. The molecule has 24 heavy (non-hydrogen) atoms. The van der Waals surface area contributed by atoms with Gasteiger partial charge in [-0.15, -0.1) is 0 Å². The summed E-state index contributed by atoms with van der Waals surface area (Å²) in [4.78, 5) is 39.4. The zero-order valence-corrected chi connectivity index (χ0v) is 15.5. The highest BCUT2D eigenvalue weighted by atomic mass is 79.9. The summed E-state index contributed by atoms with van der Waals surface area (Å²) in [5.74, 6) is -1.07. The summed E-state index contributed by atoms with van der Waals surface area (Å²) in [6.45, 7) is 6.40. The SMILES string of the molecule is CC(=O)c1c(C)[nH]c(C(=O)C(C)OC(=O)c2ccccc2Br)c1C. The van der Waals surface area contributed by atoms with Crippen molar-refractivity contribution in [3.63, 3.8) is 0 Å². The van der Waals surface area contributed by atoms with Crippen molar-refractivity contribution < 1.29 is 19.1 Å². The lowest BCUT2D eigenvalue weighted by atomic mass is 10.0. The molecule has 2 rings (SSSR count). The zero-order valence-electron chi connectivity index (χ0n) is 13.9. The minimum atomic E-state index is -0.971. The molecule has 1 heterocycles. The number of benzene rings is 1. The summed E-state index contributed by atoms with van der Waals surface area (Å²) in [5, 5.41) is 0. The third-order valence-corrected chi connectivity index (χ3v) is 4.47. The molecule has 0 spiro atoms. The first-order chi connectivity index (χ1) is 11.2. The molecule has 0 fully saturated rings. The van der Waals surface area contributed by atoms with Crippen molar-refractivity contribution in [1.82, 2.24) is 4.98 Å². The number of aryl methyl sites for hydroxylation is 1. The van der Waals surface area contributed by atoms with Crippen LogP contribution in [-0.2, 0) is 4.74 Å². The molecule has 1 aromatic carbocycles. The van der Waals surface area contributed by atoms with Gasteiger partial charge in [0, 0.05) is 15.7 Å². The number of nitrogens with one attached hydrogen (secondary N) is 1. The molecule has 0 amide bonds. The maximum atomic E-state index is 12.6. The maximum Gasteiger partial charge on any atom is 0.339 e. The number of carbonyl (C=O) groups is 3. The van der Waals surface area contributed by atoms with E-state index in [1.54, 1.807) is 38.1 Å². The predicted molar refractivity (Wildman–Crippen MR) is 93.6 cm³/mol. The van der Waals surface area contributed by atoms with E-state index in [1.807, 2.05) is 0 Å². The highest BCUT2D eigenvalue weighted by Gasteiger charge is 2.26. The number of esters is 1. The first-order valence-corrected chi connectivity index (χ1v) is 8.23. The summed E-state index contributed by atoms with van der Waals surface area (Å²) < 4.78 is 5.87. The van der Waals surface area contributed by atoms with Crippen LogP contribution >= 0.6 is 15.9 Å². The second kappa shape index (κ2) is 7.13. The highest BCUT2D eigenvalue weighted by molar-refractivity contribution is 9.10. The van der Waals surface area contributed by atoms with Crippen LogP contribution in [0.15, 0.2) is 28.7 Å². The third kappa shape index (κ3) is 3.48. The molecular formula is C18H18BrNO4. The van der Waals surface area contributed by atoms with Crippen molar-refractivity contribution in [1.29, 1.82) is 0 Å². The van der Waals surface area contributed by atoms with Gasteiger partial charge in [0.2, 0.25) is 5.78 Å². The Morgan fingerprint density at radius 2 is 1.79 bits per heavy atom. The van der Waals surface area contributed by atoms with E-state index in [4.69, 9.17) is 4.74 Å². The van der Waals surface area contributed by atoms with Gasteiger partial charge in [0.15, 0.2) is 11.9 Å². The average Bonchev–Trinajstić information content (AvgIpc) is 2.81. The van der Waals surface area contributed by atoms with E-state index in [9.17, 15) is 14.4 Å². The van der Waals surface area contributed by atoms with E-state index in [0.717, 1.165) is 0 Å². The van der Waals surface area contributed by atoms with E-state index in [0.29, 0.717) is 32.6 Å². The van der Waals surface area contributed by atoms with Gasteiger partial charge in [-0.3, -0.25) is 9.59 Å². The van der Waals surface area contributed by atoms with Gasteiger partial charge in [-0.2, -0.15) is 0 Å². The molecule has 0 saturated carbocycles. The van der Waals surface area contributed by atoms with Crippen molar-refractivity contribution in [3.8, 4) is 0 Å². The van der Waals surface area contributed by atoms with Crippen LogP contribution in [0.1, 0.15) is 56.3 Å². The number of H-pyrrole nitrogens is 1. The monoisotopic (exact) mass is 391 g/mol. The number of rotatable bonds is 5. The van der Waals surface area contributed by atoms with Gasteiger partial charge < -0.3 is 9.72 Å². The Morgan fingerprint density at radius 3 is 2.33 bits per heavy atom. The number of carbonyl (C=O) groups excluding carboxylic acids is 3. The standard InChI is InChI=1S/C18H18BrNO4/c1-9-15(11(3)21)10(2)20-16(9)17(22)12(4)24-18(23)13-7-5-6-8-14(13)19/h5-8,12,20H,1-4H3. The fourth-order valence-corrected chi connectivity index (χ4v) is 3.08. The van der Waals surface area contributed by atoms with Crippen LogP contribution in [0.2, 0.25) is 0 Å². The minimum absolute atomic E-state index is 0.113. The summed E-state index contributed by atoms with van der Waals surface area (Å²) in [5.41, 5.74) is 2.36. The molecule has 2 aromatic rings. The van der Waals surface area contributed by atoms with Crippen molar-refractivity contribution in [3.05, 3.63) is 56.8 Å². The Hall–Kier alpha value is -2.21. The maximum absolute atomic E-state index is 12.6. The second-order valence-corrected chi connectivity index (χ2v) is 6.43. The summed E-state index contributed by atoms with van der Waals surface area (Å²) in [6.07, 6.45) is -0.971. The number of hydrogen-bond donors (Lipinski definition) is 1. The Bertz CT molecular complexity index is 822. The average molecular weight is 392 g/mol. The van der Waals surface area contributed by atoms with Gasteiger partial charge in [0.1, 0.15) is 0 Å². The lowest BCUT2D eigenvalue weighted by molar-refractivity contribution is 0.0316. The molecule has 0 bridgehead atoms.